The van der Waals surface area contributed by atoms with Gasteiger partial charge in [0.2, 0.25) is 0 Å². The summed E-state index contributed by atoms with van der Waals surface area (Å²) < 4.78 is 12.5. The first-order valence-corrected chi connectivity index (χ1v) is 3.23. The first kappa shape index (κ1) is 6.22. The molecule has 0 atom stereocenters. The second kappa shape index (κ2) is 1.99. The lowest BCUT2D eigenvalue weighted by atomic mass is 10.2. The highest BCUT2D eigenvalue weighted by atomic mass is 19.1. The molecular formula is C8H6FNO. The number of phenolic OH excluding ortho intramolecular Hbond substituents is 1. The summed E-state index contributed by atoms with van der Waals surface area (Å²) in [4.78, 5) is 2.51. The molecule has 2 rings (SSSR count). The van der Waals surface area contributed by atoms with Crippen molar-refractivity contribution in [3.63, 3.8) is 0 Å². The maximum absolute atomic E-state index is 12.5. The van der Waals surface area contributed by atoms with E-state index in [0.717, 1.165) is 0 Å². The van der Waals surface area contributed by atoms with Crippen molar-refractivity contribution in [3.05, 3.63) is 30.2 Å². The molecule has 2 nitrogen and oxygen atoms in total. The summed E-state index contributed by atoms with van der Waals surface area (Å²) in [6, 6.07) is 6.00. The van der Waals surface area contributed by atoms with Gasteiger partial charge < -0.3 is 10.1 Å². The largest absolute Gasteiger partial charge is 0.508 e. The predicted molar refractivity (Wildman–Crippen MR) is 39.9 cm³/mol. The average Bonchev–Trinajstić information content (AvgIpc) is 2.27. The highest BCUT2D eigenvalue weighted by molar-refractivity contribution is 5.80. The van der Waals surface area contributed by atoms with Gasteiger partial charge in [0.1, 0.15) is 5.75 Å². The zero-order chi connectivity index (χ0) is 7.84. The van der Waals surface area contributed by atoms with Crippen LogP contribution in [0.15, 0.2) is 24.3 Å². The van der Waals surface area contributed by atoms with Crippen LogP contribution >= 0.6 is 0 Å². The fourth-order valence-electron chi connectivity index (χ4n) is 1.08. The zero-order valence-electron chi connectivity index (χ0n) is 5.63. The number of nitrogens with one attached hydrogen (secondary N) is 1. The number of benzene rings is 1. The van der Waals surface area contributed by atoms with E-state index in [1.807, 2.05) is 0 Å². The third kappa shape index (κ3) is 0.941. The lowest BCUT2D eigenvalue weighted by Gasteiger charge is -1.89. The number of hydrogen-bond acceptors (Lipinski definition) is 1. The van der Waals surface area contributed by atoms with E-state index in [9.17, 15) is 4.39 Å². The highest BCUT2D eigenvalue weighted by Crippen LogP contribution is 2.19. The molecule has 0 fully saturated rings. The minimum absolute atomic E-state index is 0.150. The standard InChI is InChI=1S/C8H6FNO/c9-8-4-5-3-6(11)1-2-7(5)10-8/h1-4,10-11H. The Bertz CT molecular complexity index is 394. The van der Waals surface area contributed by atoms with E-state index in [-0.39, 0.29) is 11.7 Å². The molecular weight excluding hydrogens is 145 g/mol. The summed E-state index contributed by atoms with van der Waals surface area (Å²) in [6.45, 7) is 0. The number of aromatic nitrogens is 1. The van der Waals surface area contributed by atoms with Gasteiger partial charge in [0, 0.05) is 17.0 Å². The van der Waals surface area contributed by atoms with E-state index < -0.39 is 0 Å². The van der Waals surface area contributed by atoms with Crippen molar-refractivity contribution in [2.45, 2.75) is 0 Å². The molecule has 0 aliphatic rings. The smallest absolute Gasteiger partial charge is 0.192 e. The van der Waals surface area contributed by atoms with Crippen molar-refractivity contribution in [1.82, 2.24) is 4.98 Å². The maximum Gasteiger partial charge on any atom is 0.192 e. The normalized spacial score (nSPS) is 10.6. The second-order valence-corrected chi connectivity index (χ2v) is 2.39. The van der Waals surface area contributed by atoms with Crippen LogP contribution < -0.4 is 0 Å². The van der Waals surface area contributed by atoms with Gasteiger partial charge in [-0.2, -0.15) is 4.39 Å². The third-order valence-electron chi connectivity index (χ3n) is 1.57. The van der Waals surface area contributed by atoms with Crippen molar-refractivity contribution >= 4 is 10.9 Å². The van der Waals surface area contributed by atoms with Crippen LogP contribution in [-0.4, -0.2) is 10.1 Å². The van der Waals surface area contributed by atoms with Gasteiger partial charge in [-0.1, -0.05) is 0 Å². The molecule has 0 aliphatic carbocycles. The molecule has 0 bridgehead atoms. The number of fused-ring (bicyclic) bond motifs is 1. The molecule has 0 unspecified atom stereocenters. The van der Waals surface area contributed by atoms with Crippen LogP contribution in [0.5, 0.6) is 5.75 Å². The molecule has 2 aromatic rings. The van der Waals surface area contributed by atoms with Crippen molar-refractivity contribution in [1.29, 1.82) is 0 Å². The minimum atomic E-state index is -0.384. The van der Waals surface area contributed by atoms with Crippen LogP contribution in [0.1, 0.15) is 0 Å². The van der Waals surface area contributed by atoms with E-state index >= 15 is 0 Å². The molecule has 56 valence electrons. The maximum atomic E-state index is 12.5. The van der Waals surface area contributed by atoms with Crippen LogP contribution in [0.2, 0.25) is 0 Å². The van der Waals surface area contributed by atoms with E-state index in [4.69, 9.17) is 5.11 Å². The number of aromatic amines is 1. The summed E-state index contributed by atoms with van der Waals surface area (Å²) in [6.07, 6.45) is 0. The molecule has 0 amide bonds. The van der Waals surface area contributed by atoms with Crippen molar-refractivity contribution in [2.75, 3.05) is 0 Å². The Kier molecular flexibility index (Phi) is 1.12. The molecule has 0 radical (unpaired) electrons. The minimum Gasteiger partial charge on any atom is -0.508 e. The van der Waals surface area contributed by atoms with Crippen LogP contribution in [0, 0.1) is 5.95 Å². The van der Waals surface area contributed by atoms with Gasteiger partial charge in [0.05, 0.1) is 0 Å². The Labute approximate surface area is 62.3 Å². The molecule has 1 aromatic carbocycles. The Morgan fingerprint density at radius 2 is 2.09 bits per heavy atom. The molecule has 0 spiro atoms. The molecule has 0 aliphatic heterocycles. The second-order valence-electron chi connectivity index (χ2n) is 2.39. The Balaban J connectivity index is 2.82. The van der Waals surface area contributed by atoms with Crippen LogP contribution in [-0.2, 0) is 0 Å². The van der Waals surface area contributed by atoms with Gasteiger partial charge in [0.25, 0.3) is 0 Å². The fourth-order valence-corrected chi connectivity index (χ4v) is 1.08. The quantitative estimate of drug-likeness (QED) is 0.593. The van der Waals surface area contributed by atoms with Gasteiger partial charge in [0.15, 0.2) is 5.95 Å². The summed E-state index contributed by atoms with van der Waals surface area (Å²) >= 11 is 0. The molecule has 3 heteroatoms. The number of phenols is 1. The molecule has 1 aromatic heterocycles. The van der Waals surface area contributed by atoms with Crippen molar-refractivity contribution in [2.24, 2.45) is 0 Å². The van der Waals surface area contributed by atoms with Gasteiger partial charge in [-0.25, -0.2) is 0 Å². The molecule has 0 saturated heterocycles. The number of aromatic hydroxyl groups is 1. The van der Waals surface area contributed by atoms with Crippen LogP contribution in [0.25, 0.3) is 10.9 Å². The summed E-state index contributed by atoms with van der Waals surface area (Å²) in [5.41, 5.74) is 0.695. The summed E-state index contributed by atoms with van der Waals surface area (Å²) in [5.74, 6) is -0.234. The van der Waals surface area contributed by atoms with E-state index in [0.29, 0.717) is 10.9 Å². The Morgan fingerprint density at radius 3 is 2.91 bits per heavy atom. The zero-order valence-corrected chi connectivity index (χ0v) is 5.63. The van der Waals surface area contributed by atoms with Gasteiger partial charge >= 0.3 is 0 Å². The van der Waals surface area contributed by atoms with E-state index in [1.165, 1.54) is 18.2 Å². The van der Waals surface area contributed by atoms with Crippen molar-refractivity contribution < 1.29 is 9.50 Å². The van der Waals surface area contributed by atoms with E-state index in [1.54, 1.807) is 6.07 Å². The topological polar surface area (TPSA) is 36.0 Å². The number of rotatable bonds is 0. The lowest BCUT2D eigenvalue weighted by molar-refractivity contribution is 0.476. The predicted octanol–water partition coefficient (Wildman–Crippen LogP) is 2.01. The molecule has 11 heavy (non-hydrogen) atoms. The Hall–Kier alpha value is -1.51. The third-order valence-corrected chi connectivity index (χ3v) is 1.57. The van der Waals surface area contributed by atoms with Crippen LogP contribution in [0.3, 0.4) is 0 Å². The number of halogens is 1. The van der Waals surface area contributed by atoms with Gasteiger partial charge in [-0.15, -0.1) is 0 Å². The molecule has 2 N–H and O–H groups in total. The lowest BCUT2D eigenvalue weighted by Crippen LogP contribution is -1.67. The number of H-pyrrole nitrogens is 1. The molecule has 0 saturated carbocycles. The van der Waals surface area contributed by atoms with Gasteiger partial charge in [-0.3, -0.25) is 0 Å². The van der Waals surface area contributed by atoms with Gasteiger partial charge in [-0.05, 0) is 18.2 Å². The summed E-state index contributed by atoms with van der Waals surface area (Å²) in [7, 11) is 0. The first-order chi connectivity index (χ1) is 5.25. The monoisotopic (exact) mass is 151 g/mol. The number of hydrogen-bond donors (Lipinski definition) is 2. The summed E-state index contributed by atoms with van der Waals surface area (Å²) in [5, 5.41) is 9.69. The van der Waals surface area contributed by atoms with Crippen LogP contribution in [0.4, 0.5) is 4.39 Å². The highest BCUT2D eigenvalue weighted by Gasteiger charge is 1.98. The SMILES string of the molecule is Oc1ccc2[nH]c(F)cc2c1. The molecule has 1 heterocycles. The van der Waals surface area contributed by atoms with Crippen molar-refractivity contribution in [3.8, 4) is 5.75 Å². The first-order valence-electron chi connectivity index (χ1n) is 3.23. The Morgan fingerprint density at radius 1 is 1.27 bits per heavy atom. The van der Waals surface area contributed by atoms with E-state index in [2.05, 4.69) is 4.98 Å². The fraction of sp³-hybridized carbons (Fsp3) is 0. The average molecular weight is 151 g/mol.